The normalized spacial score (nSPS) is 32.5. The molecule has 0 aromatic rings. The van der Waals surface area contributed by atoms with Gasteiger partial charge in [-0.25, -0.2) is 0 Å². The van der Waals surface area contributed by atoms with Gasteiger partial charge in [0.1, 0.15) is 0 Å². The monoisotopic (exact) mass is 240 g/mol. The number of piperazine rings is 1. The molecule has 2 atom stereocenters. The second kappa shape index (κ2) is 6.17. The van der Waals surface area contributed by atoms with Crippen LogP contribution in [0.4, 0.5) is 0 Å². The summed E-state index contributed by atoms with van der Waals surface area (Å²) < 4.78 is 5.74. The van der Waals surface area contributed by atoms with Crippen LogP contribution in [0.25, 0.3) is 0 Å². The third-order valence-corrected chi connectivity index (χ3v) is 4.23. The molecule has 3 nitrogen and oxygen atoms in total. The molecule has 0 aromatic heterocycles. The minimum Gasteiger partial charge on any atom is -0.377 e. The number of hydrogen-bond donors (Lipinski definition) is 0. The number of nitrogens with zero attached hydrogens (tertiary/aromatic N) is 2. The Balaban J connectivity index is 1.82. The Kier molecular flexibility index (Phi) is 4.83. The molecular weight excluding hydrogens is 212 g/mol. The molecule has 2 saturated heterocycles. The number of ether oxygens (including phenoxy) is 1. The summed E-state index contributed by atoms with van der Waals surface area (Å²) in [4.78, 5) is 5.27. The molecule has 0 amide bonds. The lowest BCUT2D eigenvalue weighted by atomic mass is 10.1. The van der Waals surface area contributed by atoms with Crippen LogP contribution in [-0.2, 0) is 4.74 Å². The van der Waals surface area contributed by atoms with Crippen molar-refractivity contribution in [2.45, 2.75) is 58.2 Å². The predicted octanol–water partition coefficient (Wildman–Crippen LogP) is 1.97. The van der Waals surface area contributed by atoms with Crippen molar-refractivity contribution < 1.29 is 4.74 Å². The smallest absolute Gasteiger partial charge is 0.0702 e. The van der Waals surface area contributed by atoms with E-state index in [1.165, 1.54) is 38.9 Å². The Hall–Kier alpha value is -0.120. The standard InChI is InChI=1S/C14H28N2O/c1-4-13-10-15(7-8-16(13)12(2)3)11-14-6-5-9-17-14/h12-14H,4-11H2,1-3H3. The van der Waals surface area contributed by atoms with Gasteiger partial charge < -0.3 is 4.74 Å². The van der Waals surface area contributed by atoms with Crippen molar-refractivity contribution in [3.05, 3.63) is 0 Å². The molecule has 2 unspecified atom stereocenters. The molecule has 2 fully saturated rings. The average Bonchev–Trinajstić information content (AvgIpc) is 2.81. The van der Waals surface area contributed by atoms with Gasteiger partial charge in [0.25, 0.3) is 0 Å². The van der Waals surface area contributed by atoms with E-state index in [4.69, 9.17) is 4.74 Å². The third kappa shape index (κ3) is 3.43. The number of hydrogen-bond acceptors (Lipinski definition) is 3. The van der Waals surface area contributed by atoms with Crippen molar-refractivity contribution in [1.82, 2.24) is 9.80 Å². The van der Waals surface area contributed by atoms with Crippen LogP contribution >= 0.6 is 0 Å². The second-order valence-electron chi connectivity index (χ2n) is 5.79. The first-order valence-corrected chi connectivity index (χ1v) is 7.30. The Bertz CT molecular complexity index is 226. The maximum Gasteiger partial charge on any atom is 0.0702 e. The van der Waals surface area contributed by atoms with Crippen LogP contribution in [0.15, 0.2) is 0 Å². The van der Waals surface area contributed by atoms with Crippen molar-refractivity contribution in [2.75, 3.05) is 32.8 Å². The van der Waals surface area contributed by atoms with E-state index in [9.17, 15) is 0 Å². The van der Waals surface area contributed by atoms with Gasteiger partial charge in [0.05, 0.1) is 6.10 Å². The van der Waals surface area contributed by atoms with Gasteiger partial charge in [0, 0.05) is 44.9 Å². The second-order valence-corrected chi connectivity index (χ2v) is 5.79. The summed E-state index contributed by atoms with van der Waals surface area (Å²) in [6.07, 6.45) is 4.30. The highest BCUT2D eigenvalue weighted by molar-refractivity contribution is 4.84. The summed E-state index contributed by atoms with van der Waals surface area (Å²) >= 11 is 0. The van der Waals surface area contributed by atoms with E-state index < -0.39 is 0 Å². The molecule has 0 N–H and O–H groups in total. The van der Waals surface area contributed by atoms with Gasteiger partial charge >= 0.3 is 0 Å². The van der Waals surface area contributed by atoms with E-state index in [0.717, 1.165) is 19.2 Å². The lowest BCUT2D eigenvalue weighted by Gasteiger charge is -2.43. The molecule has 3 heteroatoms. The molecule has 0 bridgehead atoms. The molecule has 2 rings (SSSR count). The van der Waals surface area contributed by atoms with E-state index in [1.807, 2.05) is 0 Å². The maximum absolute atomic E-state index is 5.74. The number of rotatable bonds is 4. The fourth-order valence-electron chi connectivity index (χ4n) is 3.22. The summed E-state index contributed by atoms with van der Waals surface area (Å²) in [7, 11) is 0. The zero-order valence-corrected chi connectivity index (χ0v) is 11.7. The molecule has 2 aliphatic rings. The van der Waals surface area contributed by atoms with Crippen LogP contribution in [0.3, 0.4) is 0 Å². The van der Waals surface area contributed by atoms with Gasteiger partial charge in [0.2, 0.25) is 0 Å². The van der Waals surface area contributed by atoms with Gasteiger partial charge in [-0.2, -0.15) is 0 Å². The Morgan fingerprint density at radius 1 is 1.29 bits per heavy atom. The quantitative estimate of drug-likeness (QED) is 0.747. The van der Waals surface area contributed by atoms with Crippen molar-refractivity contribution >= 4 is 0 Å². The molecule has 0 spiro atoms. The fraction of sp³-hybridized carbons (Fsp3) is 1.00. The van der Waals surface area contributed by atoms with Gasteiger partial charge in [-0.15, -0.1) is 0 Å². The molecular formula is C14H28N2O. The van der Waals surface area contributed by atoms with Gasteiger partial charge in [-0.1, -0.05) is 6.92 Å². The third-order valence-electron chi connectivity index (χ3n) is 4.23. The first kappa shape index (κ1) is 13.3. The molecule has 17 heavy (non-hydrogen) atoms. The van der Waals surface area contributed by atoms with Crippen molar-refractivity contribution in [2.24, 2.45) is 0 Å². The van der Waals surface area contributed by atoms with E-state index in [2.05, 4.69) is 30.6 Å². The van der Waals surface area contributed by atoms with Gasteiger partial charge in [0.15, 0.2) is 0 Å². The molecule has 2 heterocycles. The molecule has 0 aromatic carbocycles. The molecule has 0 radical (unpaired) electrons. The predicted molar refractivity (Wildman–Crippen MR) is 71.3 cm³/mol. The highest BCUT2D eigenvalue weighted by Gasteiger charge is 2.29. The first-order chi connectivity index (χ1) is 8.20. The summed E-state index contributed by atoms with van der Waals surface area (Å²) in [5, 5.41) is 0. The fourth-order valence-corrected chi connectivity index (χ4v) is 3.22. The van der Waals surface area contributed by atoms with E-state index >= 15 is 0 Å². The van der Waals surface area contributed by atoms with Crippen LogP contribution in [0.5, 0.6) is 0 Å². The van der Waals surface area contributed by atoms with E-state index in [0.29, 0.717) is 12.1 Å². The van der Waals surface area contributed by atoms with Crippen molar-refractivity contribution in [3.63, 3.8) is 0 Å². The molecule has 0 aliphatic carbocycles. The molecule has 100 valence electrons. The van der Waals surface area contributed by atoms with Crippen molar-refractivity contribution in [3.8, 4) is 0 Å². The first-order valence-electron chi connectivity index (χ1n) is 7.30. The van der Waals surface area contributed by atoms with E-state index in [-0.39, 0.29) is 0 Å². The molecule has 0 saturated carbocycles. The van der Waals surface area contributed by atoms with Crippen LogP contribution in [0, 0.1) is 0 Å². The lowest BCUT2D eigenvalue weighted by molar-refractivity contribution is 0.0150. The van der Waals surface area contributed by atoms with Crippen molar-refractivity contribution in [1.29, 1.82) is 0 Å². The zero-order valence-electron chi connectivity index (χ0n) is 11.7. The van der Waals surface area contributed by atoms with Crippen LogP contribution < -0.4 is 0 Å². The van der Waals surface area contributed by atoms with Gasteiger partial charge in [-0.05, 0) is 33.1 Å². The zero-order chi connectivity index (χ0) is 12.3. The Morgan fingerprint density at radius 3 is 2.71 bits per heavy atom. The average molecular weight is 240 g/mol. The highest BCUT2D eigenvalue weighted by atomic mass is 16.5. The van der Waals surface area contributed by atoms with Crippen LogP contribution in [0.1, 0.15) is 40.0 Å². The lowest BCUT2D eigenvalue weighted by Crippen LogP contribution is -2.56. The molecule has 2 aliphatic heterocycles. The minimum absolute atomic E-state index is 0.512. The topological polar surface area (TPSA) is 15.7 Å². The highest BCUT2D eigenvalue weighted by Crippen LogP contribution is 2.19. The van der Waals surface area contributed by atoms with Gasteiger partial charge in [-0.3, -0.25) is 9.80 Å². The van der Waals surface area contributed by atoms with Crippen LogP contribution in [0.2, 0.25) is 0 Å². The Labute approximate surface area is 106 Å². The summed E-state index contributed by atoms with van der Waals surface area (Å²) in [5.41, 5.74) is 0. The summed E-state index contributed by atoms with van der Waals surface area (Å²) in [6.45, 7) is 12.8. The largest absolute Gasteiger partial charge is 0.377 e. The van der Waals surface area contributed by atoms with E-state index in [1.54, 1.807) is 0 Å². The summed E-state index contributed by atoms with van der Waals surface area (Å²) in [5.74, 6) is 0. The SMILES string of the molecule is CCC1CN(CC2CCCO2)CCN1C(C)C. The minimum atomic E-state index is 0.512. The Morgan fingerprint density at radius 2 is 2.12 bits per heavy atom. The summed E-state index contributed by atoms with van der Waals surface area (Å²) in [6, 6.07) is 1.43. The van der Waals surface area contributed by atoms with Crippen LogP contribution in [-0.4, -0.2) is 60.8 Å². The maximum atomic E-state index is 5.74.